The van der Waals surface area contributed by atoms with Gasteiger partial charge in [-0.2, -0.15) is 5.10 Å². The lowest BCUT2D eigenvalue weighted by Gasteiger charge is -2.08. The van der Waals surface area contributed by atoms with Gasteiger partial charge in [-0.3, -0.25) is 5.43 Å². The van der Waals surface area contributed by atoms with Crippen molar-refractivity contribution >= 4 is 23.5 Å². The number of rotatable bonds is 5. The zero-order chi connectivity index (χ0) is 14.4. The second-order valence-corrected chi connectivity index (χ2v) is 4.31. The van der Waals surface area contributed by atoms with Gasteiger partial charge in [-0.15, -0.1) is 0 Å². The Hall–Kier alpha value is -2.02. The molecule has 1 aromatic carbocycles. The molecule has 7 heteroatoms. The fourth-order valence-corrected chi connectivity index (χ4v) is 1.88. The number of thiocarbonyl (C=S) groups is 1. The van der Waals surface area contributed by atoms with Crippen molar-refractivity contribution in [3.8, 4) is 17.2 Å². The van der Waals surface area contributed by atoms with Gasteiger partial charge >= 0.3 is 0 Å². The predicted octanol–water partition coefficient (Wildman–Crippen LogP) is 1.63. The van der Waals surface area contributed by atoms with E-state index in [-0.39, 0.29) is 6.79 Å². The number of hydrogen-bond donors (Lipinski definition) is 2. The summed E-state index contributed by atoms with van der Waals surface area (Å²) in [6.07, 6.45) is 1.64. The van der Waals surface area contributed by atoms with Gasteiger partial charge in [0.05, 0.1) is 12.8 Å². The van der Waals surface area contributed by atoms with Gasteiger partial charge in [0, 0.05) is 18.2 Å². The van der Waals surface area contributed by atoms with Crippen LogP contribution >= 0.6 is 12.2 Å². The summed E-state index contributed by atoms with van der Waals surface area (Å²) in [5.41, 5.74) is 3.53. The first-order valence-corrected chi connectivity index (χ1v) is 6.78. The molecule has 0 bridgehead atoms. The zero-order valence-corrected chi connectivity index (χ0v) is 12.3. The molecule has 1 aliphatic heterocycles. The van der Waals surface area contributed by atoms with E-state index in [1.165, 1.54) is 0 Å². The quantitative estimate of drug-likeness (QED) is 0.489. The third-order valence-corrected chi connectivity index (χ3v) is 2.75. The maximum absolute atomic E-state index is 5.56. The summed E-state index contributed by atoms with van der Waals surface area (Å²) >= 11 is 5.02. The van der Waals surface area contributed by atoms with Crippen LogP contribution in [0.15, 0.2) is 17.2 Å². The summed E-state index contributed by atoms with van der Waals surface area (Å²) in [5.74, 6) is 2.06. The van der Waals surface area contributed by atoms with E-state index >= 15 is 0 Å². The third-order valence-electron chi connectivity index (χ3n) is 2.51. The largest absolute Gasteiger partial charge is 0.493 e. The molecule has 2 rings (SSSR count). The lowest BCUT2D eigenvalue weighted by Crippen LogP contribution is -2.31. The summed E-state index contributed by atoms with van der Waals surface area (Å²) in [5, 5.41) is 7.49. The van der Waals surface area contributed by atoms with Crippen molar-refractivity contribution in [1.82, 2.24) is 10.7 Å². The number of benzene rings is 1. The molecule has 1 aromatic rings. The predicted molar refractivity (Wildman–Crippen MR) is 80.7 cm³/mol. The minimum absolute atomic E-state index is 0.226. The van der Waals surface area contributed by atoms with Crippen LogP contribution in [0.5, 0.6) is 17.2 Å². The van der Waals surface area contributed by atoms with Crippen LogP contribution in [-0.2, 0) is 0 Å². The van der Waals surface area contributed by atoms with Gasteiger partial charge in [0.1, 0.15) is 5.75 Å². The number of fused-ring (bicyclic) bond motifs is 1. The Morgan fingerprint density at radius 3 is 2.85 bits per heavy atom. The van der Waals surface area contributed by atoms with E-state index in [0.29, 0.717) is 29.0 Å². The molecule has 108 valence electrons. The molecular formula is C13H17N3O3S. The standard InChI is InChI=1S/C13H17N3O3S/c1-3-14-13(20)16-15-7-9-5-11-12(19-8-18-11)6-10(9)17-4-2/h5-7H,3-4,8H2,1-2H3,(H2,14,16,20). The van der Waals surface area contributed by atoms with Crippen molar-refractivity contribution in [3.63, 3.8) is 0 Å². The van der Waals surface area contributed by atoms with Gasteiger partial charge in [0.15, 0.2) is 16.6 Å². The summed E-state index contributed by atoms with van der Waals surface area (Å²) in [6, 6.07) is 3.63. The van der Waals surface area contributed by atoms with Crippen molar-refractivity contribution in [3.05, 3.63) is 17.7 Å². The zero-order valence-electron chi connectivity index (χ0n) is 11.4. The SMILES string of the molecule is CCNC(=S)NN=Cc1cc2c(cc1OCC)OCO2. The van der Waals surface area contributed by atoms with Gasteiger partial charge in [0.2, 0.25) is 6.79 Å². The Labute approximate surface area is 123 Å². The molecule has 0 aliphatic carbocycles. The van der Waals surface area contributed by atoms with Gasteiger partial charge in [-0.05, 0) is 32.1 Å². The maximum atomic E-state index is 5.56. The Kier molecular flexibility index (Phi) is 5.00. The fraction of sp³-hybridized carbons (Fsp3) is 0.385. The highest BCUT2D eigenvalue weighted by Crippen LogP contribution is 2.37. The van der Waals surface area contributed by atoms with Crippen LogP contribution in [0, 0.1) is 0 Å². The van der Waals surface area contributed by atoms with Gasteiger partial charge in [-0.1, -0.05) is 0 Å². The normalized spacial score (nSPS) is 12.5. The third kappa shape index (κ3) is 3.51. The number of hydrazone groups is 1. The Morgan fingerprint density at radius 1 is 1.40 bits per heavy atom. The summed E-state index contributed by atoms with van der Waals surface area (Å²) in [7, 11) is 0. The molecule has 0 saturated carbocycles. The van der Waals surface area contributed by atoms with E-state index in [0.717, 1.165) is 12.1 Å². The van der Waals surface area contributed by atoms with E-state index in [1.54, 1.807) is 12.3 Å². The number of ether oxygens (including phenoxy) is 3. The lowest BCUT2D eigenvalue weighted by molar-refractivity contribution is 0.174. The van der Waals surface area contributed by atoms with E-state index in [4.69, 9.17) is 26.4 Å². The molecule has 0 fully saturated rings. The van der Waals surface area contributed by atoms with E-state index < -0.39 is 0 Å². The number of nitrogens with zero attached hydrogens (tertiary/aromatic N) is 1. The molecule has 0 spiro atoms. The molecule has 0 atom stereocenters. The van der Waals surface area contributed by atoms with E-state index in [9.17, 15) is 0 Å². The smallest absolute Gasteiger partial charge is 0.231 e. The Balaban J connectivity index is 2.13. The van der Waals surface area contributed by atoms with Gasteiger partial charge < -0.3 is 19.5 Å². The molecule has 1 heterocycles. The minimum Gasteiger partial charge on any atom is -0.493 e. The first kappa shape index (κ1) is 14.4. The number of nitrogens with one attached hydrogen (secondary N) is 2. The Bertz CT molecular complexity index is 520. The summed E-state index contributed by atoms with van der Waals surface area (Å²) < 4.78 is 16.2. The lowest BCUT2D eigenvalue weighted by atomic mass is 10.2. The van der Waals surface area contributed by atoms with Crippen LogP contribution in [0.1, 0.15) is 19.4 Å². The van der Waals surface area contributed by atoms with Crippen LogP contribution < -0.4 is 25.0 Å². The summed E-state index contributed by atoms with van der Waals surface area (Å²) in [4.78, 5) is 0. The van der Waals surface area contributed by atoms with Crippen molar-refractivity contribution in [2.75, 3.05) is 19.9 Å². The molecule has 0 aromatic heterocycles. The highest BCUT2D eigenvalue weighted by molar-refractivity contribution is 7.80. The molecular weight excluding hydrogens is 278 g/mol. The maximum Gasteiger partial charge on any atom is 0.231 e. The van der Waals surface area contributed by atoms with Crippen LogP contribution in [0.25, 0.3) is 0 Å². The first-order chi connectivity index (χ1) is 9.74. The molecule has 0 radical (unpaired) electrons. The second-order valence-electron chi connectivity index (χ2n) is 3.91. The van der Waals surface area contributed by atoms with Crippen LogP contribution in [0.3, 0.4) is 0 Å². The summed E-state index contributed by atoms with van der Waals surface area (Å²) in [6.45, 7) is 5.41. The average molecular weight is 295 g/mol. The topological polar surface area (TPSA) is 64.1 Å². The highest BCUT2D eigenvalue weighted by atomic mass is 32.1. The van der Waals surface area contributed by atoms with E-state index in [1.807, 2.05) is 19.9 Å². The first-order valence-electron chi connectivity index (χ1n) is 6.38. The van der Waals surface area contributed by atoms with Crippen molar-refractivity contribution < 1.29 is 14.2 Å². The van der Waals surface area contributed by atoms with Crippen LogP contribution in [0.4, 0.5) is 0 Å². The van der Waals surface area contributed by atoms with Crippen molar-refractivity contribution in [1.29, 1.82) is 0 Å². The van der Waals surface area contributed by atoms with Crippen molar-refractivity contribution in [2.24, 2.45) is 5.10 Å². The molecule has 2 N–H and O–H groups in total. The van der Waals surface area contributed by atoms with Crippen molar-refractivity contribution in [2.45, 2.75) is 13.8 Å². The van der Waals surface area contributed by atoms with Gasteiger partial charge in [0.25, 0.3) is 0 Å². The fourth-order valence-electron chi connectivity index (χ4n) is 1.68. The Morgan fingerprint density at radius 2 is 2.15 bits per heavy atom. The molecule has 0 saturated heterocycles. The molecule has 1 aliphatic rings. The highest BCUT2D eigenvalue weighted by Gasteiger charge is 2.17. The number of hydrogen-bond acceptors (Lipinski definition) is 5. The molecule has 0 amide bonds. The molecule has 0 unspecified atom stereocenters. The second kappa shape index (κ2) is 6.95. The van der Waals surface area contributed by atoms with Crippen LogP contribution in [0.2, 0.25) is 0 Å². The molecule has 6 nitrogen and oxygen atoms in total. The minimum atomic E-state index is 0.226. The average Bonchev–Trinajstić information content (AvgIpc) is 2.86. The monoisotopic (exact) mass is 295 g/mol. The molecule has 20 heavy (non-hydrogen) atoms. The van der Waals surface area contributed by atoms with Crippen LogP contribution in [-0.4, -0.2) is 31.3 Å². The van der Waals surface area contributed by atoms with E-state index in [2.05, 4.69) is 15.8 Å². The van der Waals surface area contributed by atoms with Gasteiger partial charge in [-0.25, -0.2) is 0 Å².